The highest BCUT2D eigenvalue weighted by atomic mass is 16.6. The number of rotatable bonds is 5. The topological polar surface area (TPSA) is 44.1 Å². The molecular weight excluding hydrogens is 240 g/mol. The molecule has 1 aromatic rings. The van der Waals surface area contributed by atoms with E-state index in [1.165, 1.54) is 12.3 Å². The molecule has 1 atom stereocenters. The Kier molecular flexibility index (Phi) is 4.55. The maximum Gasteiger partial charge on any atom is 0.343 e. The molecule has 19 heavy (non-hydrogen) atoms. The van der Waals surface area contributed by atoms with Crippen LogP contribution in [0.15, 0.2) is 18.9 Å². The Bertz CT molecular complexity index is 523. The molecule has 4 nitrogen and oxygen atoms in total. The standard InChI is InChI=1S/C15H20N2O2/c1-7-15(6,8-2)19-14(18)13-9-16-17(12(13)5)10-11(3)4/h1,8-9,11H,2,10H2,3-6H3. The average molecular weight is 260 g/mol. The molecule has 0 amide bonds. The fourth-order valence-corrected chi connectivity index (χ4v) is 1.55. The van der Waals surface area contributed by atoms with E-state index < -0.39 is 11.6 Å². The van der Waals surface area contributed by atoms with Gasteiger partial charge in [0.25, 0.3) is 0 Å². The number of carbonyl (C=O) groups is 1. The number of carbonyl (C=O) groups excluding carboxylic acids is 1. The van der Waals surface area contributed by atoms with Gasteiger partial charge in [-0.1, -0.05) is 26.3 Å². The molecule has 0 spiro atoms. The third-order valence-corrected chi connectivity index (χ3v) is 2.84. The summed E-state index contributed by atoms with van der Waals surface area (Å²) in [5, 5.41) is 4.20. The Morgan fingerprint density at radius 2 is 2.37 bits per heavy atom. The molecule has 0 bridgehead atoms. The zero-order valence-electron chi connectivity index (χ0n) is 11.9. The normalized spacial score (nSPS) is 13.7. The number of esters is 1. The van der Waals surface area contributed by atoms with Crippen molar-refractivity contribution in [2.24, 2.45) is 5.92 Å². The molecule has 0 aromatic carbocycles. The molecule has 102 valence electrons. The van der Waals surface area contributed by atoms with Gasteiger partial charge in [0.15, 0.2) is 5.60 Å². The minimum absolute atomic E-state index is 0.434. The lowest BCUT2D eigenvalue weighted by atomic mass is 10.1. The minimum Gasteiger partial charge on any atom is -0.439 e. The van der Waals surface area contributed by atoms with Gasteiger partial charge in [0.1, 0.15) is 5.56 Å². The Labute approximate surface area is 114 Å². The van der Waals surface area contributed by atoms with Gasteiger partial charge < -0.3 is 4.74 Å². The third kappa shape index (κ3) is 3.47. The van der Waals surface area contributed by atoms with Crippen molar-refractivity contribution >= 4 is 5.97 Å². The summed E-state index contributed by atoms with van der Waals surface area (Å²) in [6.07, 6.45) is 8.28. The lowest BCUT2D eigenvalue weighted by molar-refractivity contribution is 0.0283. The number of hydrogen-bond acceptors (Lipinski definition) is 3. The maximum absolute atomic E-state index is 12.1. The van der Waals surface area contributed by atoms with Crippen molar-refractivity contribution in [2.75, 3.05) is 0 Å². The van der Waals surface area contributed by atoms with Gasteiger partial charge in [-0.2, -0.15) is 5.10 Å². The minimum atomic E-state index is -1.09. The van der Waals surface area contributed by atoms with Crippen LogP contribution in [0.2, 0.25) is 0 Å². The summed E-state index contributed by atoms with van der Waals surface area (Å²) in [7, 11) is 0. The summed E-state index contributed by atoms with van der Waals surface area (Å²) < 4.78 is 7.07. The first-order valence-corrected chi connectivity index (χ1v) is 6.20. The fourth-order valence-electron chi connectivity index (χ4n) is 1.55. The predicted molar refractivity (Wildman–Crippen MR) is 74.7 cm³/mol. The highest BCUT2D eigenvalue weighted by Gasteiger charge is 2.25. The van der Waals surface area contributed by atoms with Crippen LogP contribution in [0, 0.1) is 25.2 Å². The van der Waals surface area contributed by atoms with Gasteiger partial charge in [-0.15, -0.1) is 6.42 Å². The summed E-state index contributed by atoms with van der Waals surface area (Å²) in [6, 6.07) is 0. The first-order valence-electron chi connectivity index (χ1n) is 6.20. The highest BCUT2D eigenvalue weighted by molar-refractivity contribution is 5.90. The van der Waals surface area contributed by atoms with Crippen molar-refractivity contribution in [1.82, 2.24) is 9.78 Å². The zero-order chi connectivity index (χ0) is 14.6. The summed E-state index contributed by atoms with van der Waals surface area (Å²) in [6.45, 7) is 12.0. The van der Waals surface area contributed by atoms with Crippen LogP contribution in [0.25, 0.3) is 0 Å². The van der Waals surface area contributed by atoms with E-state index in [2.05, 4.69) is 31.4 Å². The third-order valence-electron chi connectivity index (χ3n) is 2.84. The second-order valence-electron chi connectivity index (χ2n) is 5.06. The van der Waals surface area contributed by atoms with Crippen molar-refractivity contribution in [2.45, 2.75) is 39.8 Å². The van der Waals surface area contributed by atoms with Gasteiger partial charge in [-0.3, -0.25) is 4.68 Å². The van der Waals surface area contributed by atoms with E-state index in [0.717, 1.165) is 12.2 Å². The van der Waals surface area contributed by atoms with Gasteiger partial charge in [-0.25, -0.2) is 4.79 Å². The van der Waals surface area contributed by atoms with E-state index in [1.54, 1.807) is 11.6 Å². The van der Waals surface area contributed by atoms with E-state index in [9.17, 15) is 4.79 Å². The van der Waals surface area contributed by atoms with Crippen LogP contribution in [0.5, 0.6) is 0 Å². The fraction of sp³-hybridized carbons (Fsp3) is 0.467. The first-order chi connectivity index (χ1) is 8.83. The number of aromatic nitrogens is 2. The lowest BCUT2D eigenvalue weighted by Crippen LogP contribution is -2.27. The second kappa shape index (κ2) is 5.75. The van der Waals surface area contributed by atoms with Crippen molar-refractivity contribution in [3.8, 4) is 12.3 Å². The van der Waals surface area contributed by atoms with Crippen LogP contribution in [0.4, 0.5) is 0 Å². The highest BCUT2D eigenvalue weighted by Crippen LogP contribution is 2.17. The quantitative estimate of drug-likeness (QED) is 0.464. The smallest absolute Gasteiger partial charge is 0.343 e. The number of terminal acetylenes is 1. The molecule has 1 aromatic heterocycles. The van der Waals surface area contributed by atoms with Gasteiger partial charge in [0.05, 0.1) is 6.20 Å². The molecule has 0 aliphatic carbocycles. The van der Waals surface area contributed by atoms with E-state index in [4.69, 9.17) is 11.2 Å². The van der Waals surface area contributed by atoms with Crippen molar-refractivity contribution in [3.05, 3.63) is 30.1 Å². The van der Waals surface area contributed by atoms with Gasteiger partial charge in [-0.05, 0) is 25.8 Å². The monoisotopic (exact) mass is 260 g/mol. The molecule has 0 aliphatic rings. The molecule has 0 N–H and O–H groups in total. The van der Waals surface area contributed by atoms with Crippen LogP contribution in [-0.2, 0) is 11.3 Å². The Hall–Kier alpha value is -2.02. The maximum atomic E-state index is 12.1. The summed E-state index contributed by atoms with van der Waals surface area (Å²) in [5.74, 6) is 2.37. The van der Waals surface area contributed by atoms with E-state index in [-0.39, 0.29) is 0 Å². The van der Waals surface area contributed by atoms with Crippen LogP contribution in [0.1, 0.15) is 36.8 Å². The van der Waals surface area contributed by atoms with Gasteiger partial charge in [0.2, 0.25) is 0 Å². The van der Waals surface area contributed by atoms with Gasteiger partial charge >= 0.3 is 5.97 Å². The SMILES string of the molecule is C#CC(C)(C=C)OC(=O)c1cnn(CC(C)C)c1C. The molecule has 1 unspecified atom stereocenters. The Morgan fingerprint density at radius 3 is 2.84 bits per heavy atom. The number of ether oxygens (including phenoxy) is 1. The van der Waals surface area contributed by atoms with E-state index in [1.807, 2.05) is 6.92 Å². The molecule has 0 radical (unpaired) electrons. The summed E-state index contributed by atoms with van der Waals surface area (Å²) in [4.78, 5) is 12.1. The molecular formula is C15H20N2O2. The molecule has 1 rings (SSSR count). The van der Waals surface area contributed by atoms with Gasteiger partial charge in [0, 0.05) is 12.2 Å². The average Bonchev–Trinajstić information content (AvgIpc) is 2.70. The zero-order valence-corrected chi connectivity index (χ0v) is 11.9. The summed E-state index contributed by atoms with van der Waals surface area (Å²) in [5.41, 5.74) is 0.120. The van der Waals surface area contributed by atoms with Crippen LogP contribution < -0.4 is 0 Å². The van der Waals surface area contributed by atoms with Crippen molar-refractivity contribution in [1.29, 1.82) is 0 Å². The van der Waals surface area contributed by atoms with Crippen LogP contribution in [0.3, 0.4) is 0 Å². The molecule has 0 aliphatic heterocycles. The molecule has 4 heteroatoms. The molecule has 0 saturated heterocycles. The molecule has 1 heterocycles. The predicted octanol–water partition coefficient (Wildman–Crippen LogP) is 2.58. The first kappa shape index (κ1) is 15.0. The second-order valence-corrected chi connectivity index (χ2v) is 5.06. The number of nitrogens with zero attached hydrogens (tertiary/aromatic N) is 2. The largest absolute Gasteiger partial charge is 0.439 e. The molecule has 0 saturated carbocycles. The Balaban J connectivity index is 2.93. The van der Waals surface area contributed by atoms with Crippen molar-refractivity contribution in [3.63, 3.8) is 0 Å². The summed E-state index contributed by atoms with van der Waals surface area (Å²) >= 11 is 0. The number of hydrogen-bond donors (Lipinski definition) is 0. The molecule has 0 fully saturated rings. The van der Waals surface area contributed by atoms with E-state index >= 15 is 0 Å². The Morgan fingerprint density at radius 1 is 1.74 bits per heavy atom. The van der Waals surface area contributed by atoms with Crippen LogP contribution in [-0.4, -0.2) is 21.4 Å². The van der Waals surface area contributed by atoms with E-state index in [0.29, 0.717) is 11.5 Å². The van der Waals surface area contributed by atoms with Crippen molar-refractivity contribution < 1.29 is 9.53 Å². The van der Waals surface area contributed by atoms with Crippen LogP contribution >= 0.6 is 0 Å². The lowest BCUT2D eigenvalue weighted by Gasteiger charge is -2.19.